The van der Waals surface area contributed by atoms with E-state index in [0.717, 1.165) is 12.3 Å². The molecule has 0 aromatic heterocycles. The van der Waals surface area contributed by atoms with Gasteiger partial charge in [0, 0.05) is 0 Å². The molecule has 0 spiro atoms. The Morgan fingerprint density at radius 2 is 1.25 bits per heavy atom. The van der Waals surface area contributed by atoms with Crippen LogP contribution in [-0.2, 0) is 0 Å². The van der Waals surface area contributed by atoms with Gasteiger partial charge in [-0.25, -0.2) is 0 Å². The molecule has 0 bridgehead atoms. The van der Waals surface area contributed by atoms with E-state index in [4.69, 9.17) is 0 Å². The van der Waals surface area contributed by atoms with Crippen LogP contribution in [0.2, 0.25) is 0 Å². The summed E-state index contributed by atoms with van der Waals surface area (Å²) in [6.07, 6.45) is 1.46. The Balaban J connectivity index is 4.28. The maximum absolute atomic E-state index is 10.2. The van der Waals surface area contributed by atoms with Gasteiger partial charge < -0.3 is 0 Å². The molecule has 12 heavy (non-hydrogen) atoms. The summed E-state index contributed by atoms with van der Waals surface area (Å²) in [4.78, 5) is 10.2. The Kier molecular flexibility index (Phi) is 4.45. The summed E-state index contributed by atoms with van der Waals surface area (Å²) in [7, 11) is 0. The van der Waals surface area contributed by atoms with Crippen LogP contribution >= 0.6 is 29.7 Å². The molecule has 0 radical (unpaired) electrons. The normalized spacial score (nSPS) is 16.6. The van der Waals surface area contributed by atoms with Crippen LogP contribution in [0.5, 0.6) is 0 Å². The quantitative estimate of drug-likeness (QED) is 0.497. The molecule has 0 aliphatic rings. The van der Waals surface area contributed by atoms with E-state index in [-0.39, 0.29) is 0 Å². The third kappa shape index (κ3) is 6.59. The predicted octanol–water partition coefficient (Wildman–Crippen LogP) is 3.45. The molecule has 0 rings (SSSR count). The van der Waals surface area contributed by atoms with E-state index in [2.05, 4.69) is 52.2 Å². The van der Waals surface area contributed by atoms with E-state index in [0.29, 0.717) is 11.8 Å². The molecule has 0 aliphatic carbocycles. The average Bonchev–Trinajstić information content (AvgIpc) is 1.49. The SMILES string of the molecule is CC(C)CP(O)(S)(S)CC(C)C. The monoisotopic (exact) mass is 228 g/mol. The van der Waals surface area contributed by atoms with E-state index in [1.807, 2.05) is 0 Å². The molecule has 0 fully saturated rings. The summed E-state index contributed by atoms with van der Waals surface area (Å²) >= 11 is 8.74. The van der Waals surface area contributed by atoms with Gasteiger partial charge in [0.2, 0.25) is 0 Å². The molecule has 0 aromatic rings. The Morgan fingerprint density at radius 1 is 1.00 bits per heavy atom. The van der Waals surface area contributed by atoms with Crippen molar-refractivity contribution in [1.29, 1.82) is 0 Å². The van der Waals surface area contributed by atoms with Crippen LogP contribution in [0.15, 0.2) is 0 Å². The van der Waals surface area contributed by atoms with E-state index in [1.165, 1.54) is 0 Å². The molecule has 4 heteroatoms. The standard InChI is InChI=1S/C8H21OPS2/c1-7(2)5-10(9,11,12)6-8(3)4/h7-9,11-12H,5-6H2,1-4H3. The first-order valence-corrected chi connectivity index (χ1v) is 9.22. The molecule has 0 saturated carbocycles. The molecule has 0 atom stereocenters. The summed E-state index contributed by atoms with van der Waals surface area (Å²) < 4.78 is 0. The van der Waals surface area contributed by atoms with E-state index in [9.17, 15) is 4.89 Å². The first-order chi connectivity index (χ1) is 5.10. The van der Waals surface area contributed by atoms with E-state index >= 15 is 0 Å². The van der Waals surface area contributed by atoms with Crippen molar-refractivity contribution in [2.75, 3.05) is 12.3 Å². The van der Waals surface area contributed by atoms with Crippen molar-refractivity contribution >= 4 is 29.7 Å². The molecular weight excluding hydrogens is 207 g/mol. The topological polar surface area (TPSA) is 20.2 Å². The third-order valence-corrected chi connectivity index (χ3v) is 6.39. The first-order valence-electron chi connectivity index (χ1n) is 4.36. The van der Waals surface area contributed by atoms with Crippen molar-refractivity contribution < 1.29 is 4.89 Å². The van der Waals surface area contributed by atoms with Crippen LogP contribution in [0.25, 0.3) is 0 Å². The molecule has 0 amide bonds. The minimum atomic E-state index is -2.90. The molecule has 0 heterocycles. The second-order valence-corrected chi connectivity index (χ2v) is 14.5. The summed E-state index contributed by atoms with van der Waals surface area (Å²) in [5.41, 5.74) is 0. The van der Waals surface area contributed by atoms with Crippen LogP contribution in [-0.4, -0.2) is 17.2 Å². The molecule has 0 unspecified atom stereocenters. The van der Waals surface area contributed by atoms with Gasteiger partial charge in [-0.3, -0.25) is 0 Å². The fourth-order valence-corrected chi connectivity index (χ4v) is 8.63. The van der Waals surface area contributed by atoms with Crippen LogP contribution in [0.3, 0.4) is 0 Å². The zero-order chi connectivity index (χ0) is 10.0. The average molecular weight is 228 g/mol. The number of hydrogen-bond donors (Lipinski definition) is 3. The van der Waals surface area contributed by atoms with Crippen molar-refractivity contribution in [1.82, 2.24) is 0 Å². The van der Waals surface area contributed by atoms with Crippen LogP contribution in [0, 0.1) is 11.8 Å². The Hall–Kier alpha value is 1.09. The van der Waals surface area contributed by atoms with Gasteiger partial charge >= 0.3 is 86.5 Å². The van der Waals surface area contributed by atoms with Gasteiger partial charge in [0.1, 0.15) is 0 Å². The van der Waals surface area contributed by atoms with Crippen LogP contribution < -0.4 is 0 Å². The van der Waals surface area contributed by atoms with Gasteiger partial charge in [-0.1, -0.05) is 0 Å². The first kappa shape index (κ1) is 13.1. The number of rotatable bonds is 4. The van der Waals surface area contributed by atoms with Crippen molar-refractivity contribution in [2.24, 2.45) is 11.8 Å². The minimum absolute atomic E-state index is 0.460. The van der Waals surface area contributed by atoms with Gasteiger partial charge in [-0.2, -0.15) is 0 Å². The van der Waals surface area contributed by atoms with Crippen molar-refractivity contribution in [3.8, 4) is 0 Å². The van der Waals surface area contributed by atoms with Crippen molar-refractivity contribution in [3.05, 3.63) is 0 Å². The molecule has 0 aromatic carbocycles. The zero-order valence-electron chi connectivity index (χ0n) is 8.36. The molecule has 0 saturated heterocycles. The second kappa shape index (κ2) is 4.08. The molecule has 76 valence electrons. The van der Waals surface area contributed by atoms with Crippen LogP contribution in [0.1, 0.15) is 27.7 Å². The molecular formula is C8H21OPS2. The summed E-state index contributed by atoms with van der Waals surface area (Å²) in [6.45, 7) is 8.35. The van der Waals surface area contributed by atoms with Crippen LogP contribution in [0.4, 0.5) is 0 Å². The summed E-state index contributed by atoms with van der Waals surface area (Å²) in [6, 6.07) is 0. The van der Waals surface area contributed by atoms with Gasteiger partial charge in [-0.15, -0.1) is 0 Å². The summed E-state index contributed by atoms with van der Waals surface area (Å²) in [5, 5.41) is -2.90. The maximum atomic E-state index is 10.2. The summed E-state index contributed by atoms with van der Waals surface area (Å²) in [5.74, 6) is 0.919. The zero-order valence-corrected chi connectivity index (χ0v) is 11.0. The Labute approximate surface area is 86.7 Å². The van der Waals surface area contributed by atoms with Gasteiger partial charge in [0.05, 0.1) is 0 Å². The fourth-order valence-electron chi connectivity index (χ4n) is 1.57. The Morgan fingerprint density at radius 3 is 1.42 bits per heavy atom. The predicted molar refractivity (Wildman–Crippen MR) is 66.5 cm³/mol. The molecule has 1 nitrogen and oxygen atoms in total. The molecule has 0 aliphatic heterocycles. The fraction of sp³-hybridized carbons (Fsp3) is 1.00. The van der Waals surface area contributed by atoms with E-state index < -0.39 is 5.23 Å². The number of thiol groups is 2. The van der Waals surface area contributed by atoms with Gasteiger partial charge in [0.25, 0.3) is 0 Å². The van der Waals surface area contributed by atoms with Gasteiger partial charge in [-0.05, 0) is 0 Å². The van der Waals surface area contributed by atoms with Crippen molar-refractivity contribution in [3.63, 3.8) is 0 Å². The van der Waals surface area contributed by atoms with E-state index in [1.54, 1.807) is 0 Å². The molecule has 1 N–H and O–H groups in total. The van der Waals surface area contributed by atoms with Gasteiger partial charge in [0.15, 0.2) is 0 Å². The number of hydrogen-bond acceptors (Lipinski definition) is 3. The van der Waals surface area contributed by atoms with Crippen molar-refractivity contribution in [2.45, 2.75) is 27.7 Å². The third-order valence-electron chi connectivity index (χ3n) is 1.48. The second-order valence-electron chi connectivity index (χ2n) is 4.49. The Bertz CT molecular complexity index is 135.